The Labute approximate surface area is 77.7 Å². The van der Waals surface area contributed by atoms with E-state index in [9.17, 15) is 4.79 Å². The van der Waals surface area contributed by atoms with Crippen molar-refractivity contribution in [3.8, 4) is 6.07 Å². The van der Waals surface area contributed by atoms with Gasteiger partial charge in [-0.3, -0.25) is 0 Å². The maximum absolute atomic E-state index is 10.7. The van der Waals surface area contributed by atoms with Crippen molar-refractivity contribution < 1.29 is 9.90 Å². The van der Waals surface area contributed by atoms with Crippen LogP contribution in [-0.4, -0.2) is 11.1 Å². The van der Waals surface area contributed by atoms with E-state index < -0.39 is 5.97 Å². The van der Waals surface area contributed by atoms with Crippen LogP contribution in [0.2, 0.25) is 0 Å². The molecule has 3 heteroatoms. The molecule has 13 heavy (non-hydrogen) atoms. The van der Waals surface area contributed by atoms with Crippen LogP contribution < -0.4 is 0 Å². The summed E-state index contributed by atoms with van der Waals surface area (Å²) in [5.41, 5.74) is 0.647. The van der Waals surface area contributed by atoms with Gasteiger partial charge in [0.2, 0.25) is 0 Å². The van der Waals surface area contributed by atoms with E-state index in [4.69, 9.17) is 10.4 Å². The molecule has 3 nitrogen and oxygen atoms in total. The number of carboxylic acid groups (broad SMARTS) is 1. The van der Waals surface area contributed by atoms with Crippen LogP contribution in [0.15, 0.2) is 11.1 Å². The summed E-state index contributed by atoms with van der Waals surface area (Å²) in [6, 6.07) is 1.78. The summed E-state index contributed by atoms with van der Waals surface area (Å²) in [4.78, 5) is 10.7. The molecule has 0 unspecified atom stereocenters. The van der Waals surface area contributed by atoms with E-state index in [1.165, 1.54) is 0 Å². The highest BCUT2D eigenvalue weighted by Crippen LogP contribution is 2.43. The molecule has 0 radical (unpaired) electrons. The van der Waals surface area contributed by atoms with Gasteiger partial charge in [-0.05, 0) is 30.3 Å². The number of nitrogens with zero attached hydrogens (tertiary/aromatic N) is 1. The SMILES string of the molecule is CC1(C)CCC/C1=C(\C#N)C(=O)O. The highest BCUT2D eigenvalue weighted by atomic mass is 16.4. The number of aliphatic carboxylic acids is 1. The predicted molar refractivity (Wildman–Crippen MR) is 47.9 cm³/mol. The Balaban J connectivity index is 3.16. The number of hydrogen-bond donors (Lipinski definition) is 1. The summed E-state index contributed by atoms with van der Waals surface area (Å²) < 4.78 is 0. The lowest BCUT2D eigenvalue weighted by Crippen LogP contribution is -2.13. The van der Waals surface area contributed by atoms with Crippen molar-refractivity contribution in [1.29, 1.82) is 5.26 Å². The van der Waals surface area contributed by atoms with Gasteiger partial charge in [0.1, 0.15) is 11.6 Å². The van der Waals surface area contributed by atoms with Crippen LogP contribution in [0.1, 0.15) is 33.1 Å². The van der Waals surface area contributed by atoms with Crippen LogP contribution in [0.5, 0.6) is 0 Å². The molecule has 0 saturated heterocycles. The first-order valence-electron chi connectivity index (χ1n) is 4.36. The van der Waals surface area contributed by atoms with Crippen molar-refractivity contribution in [2.75, 3.05) is 0 Å². The second-order valence-corrected chi connectivity index (χ2v) is 4.01. The molecule has 0 aliphatic heterocycles. The van der Waals surface area contributed by atoms with Crippen molar-refractivity contribution in [3.05, 3.63) is 11.1 Å². The molecule has 0 aromatic heterocycles. The molecule has 1 rings (SSSR count). The van der Waals surface area contributed by atoms with Gasteiger partial charge in [0.15, 0.2) is 0 Å². The van der Waals surface area contributed by atoms with Crippen LogP contribution in [0.25, 0.3) is 0 Å². The summed E-state index contributed by atoms with van der Waals surface area (Å²) in [6.45, 7) is 3.99. The average Bonchev–Trinajstić information content (AvgIpc) is 2.32. The lowest BCUT2D eigenvalue weighted by Gasteiger charge is -2.19. The van der Waals surface area contributed by atoms with Crippen molar-refractivity contribution in [2.45, 2.75) is 33.1 Å². The molecule has 1 saturated carbocycles. The van der Waals surface area contributed by atoms with Gasteiger partial charge >= 0.3 is 5.97 Å². The molecular weight excluding hydrogens is 166 g/mol. The van der Waals surface area contributed by atoms with E-state index in [1.54, 1.807) is 6.07 Å². The zero-order chi connectivity index (χ0) is 10.1. The third-order valence-corrected chi connectivity index (χ3v) is 2.67. The van der Waals surface area contributed by atoms with Gasteiger partial charge in [0.25, 0.3) is 0 Å². The van der Waals surface area contributed by atoms with Gasteiger partial charge in [0.05, 0.1) is 0 Å². The molecular formula is C10H13NO2. The molecule has 0 bridgehead atoms. The van der Waals surface area contributed by atoms with Crippen molar-refractivity contribution in [3.63, 3.8) is 0 Å². The van der Waals surface area contributed by atoms with E-state index in [-0.39, 0.29) is 11.0 Å². The average molecular weight is 179 g/mol. The minimum atomic E-state index is -1.09. The topological polar surface area (TPSA) is 61.1 Å². The fraction of sp³-hybridized carbons (Fsp3) is 0.600. The Hall–Kier alpha value is -1.30. The van der Waals surface area contributed by atoms with Gasteiger partial charge in [-0.1, -0.05) is 13.8 Å². The second kappa shape index (κ2) is 3.21. The monoisotopic (exact) mass is 179 g/mol. The van der Waals surface area contributed by atoms with E-state index in [0.29, 0.717) is 0 Å². The minimum absolute atomic E-state index is 0.0532. The van der Waals surface area contributed by atoms with Crippen LogP contribution in [0, 0.1) is 16.7 Å². The normalized spacial score (nSPS) is 23.8. The highest BCUT2D eigenvalue weighted by molar-refractivity contribution is 5.92. The van der Waals surface area contributed by atoms with Gasteiger partial charge < -0.3 is 5.11 Å². The minimum Gasteiger partial charge on any atom is -0.477 e. The smallest absolute Gasteiger partial charge is 0.346 e. The van der Waals surface area contributed by atoms with Crippen LogP contribution in [0.4, 0.5) is 0 Å². The second-order valence-electron chi connectivity index (χ2n) is 4.01. The van der Waals surface area contributed by atoms with E-state index in [0.717, 1.165) is 24.8 Å². The predicted octanol–water partition coefficient (Wildman–Crippen LogP) is 2.10. The third kappa shape index (κ3) is 1.72. The molecule has 0 amide bonds. The lowest BCUT2D eigenvalue weighted by atomic mass is 9.84. The Kier molecular flexibility index (Phi) is 2.42. The van der Waals surface area contributed by atoms with Crippen molar-refractivity contribution in [1.82, 2.24) is 0 Å². The quantitative estimate of drug-likeness (QED) is 0.495. The first-order valence-corrected chi connectivity index (χ1v) is 4.36. The first kappa shape index (κ1) is 9.79. The molecule has 0 atom stereocenters. The van der Waals surface area contributed by atoms with E-state index in [1.807, 2.05) is 13.8 Å². The number of nitriles is 1. The summed E-state index contributed by atoms with van der Waals surface area (Å²) >= 11 is 0. The highest BCUT2D eigenvalue weighted by Gasteiger charge is 2.33. The van der Waals surface area contributed by atoms with Crippen LogP contribution in [0.3, 0.4) is 0 Å². The molecule has 1 N–H and O–H groups in total. The molecule has 0 aromatic rings. The number of hydrogen-bond acceptors (Lipinski definition) is 2. The fourth-order valence-electron chi connectivity index (χ4n) is 1.90. The van der Waals surface area contributed by atoms with Gasteiger partial charge in [-0.15, -0.1) is 0 Å². The standard InChI is InChI=1S/C10H13NO2/c1-10(2)5-3-4-8(10)7(6-11)9(12)13/h3-5H2,1-2H3,(H,12,13)/b8-7-. The summed E-state index contributed by atoms with van der Waals surface area (Å²) in [6.07, 6.45) is 2.71. The molecule has 1 aliphatic rings. The van der Waals surface area contributed by atoms with E-state index in [2.05, 4.69) is 0 Å². The summed E-state index contributed by atoms with van der Waals surface area (Å²) in [5.74, 6) is -1.09. The largest absolute Gasteiger partial charge is 0.477 e. The van der Waals surface area contributed by atoms with Gasteiger partial charge in [0, 0.05) is 0 Å². The number of allylic oxidation sites excluding steroid dienone is 1. The first-order chi connectivity index (χ1) is 5.99. The Morgan fingerprint density at radius 1 is 1.62 bits per heavy atom. The maximum atomic E-state index is 10.7. The van der Waals surface area contributed by atoms with Crippen LogP contribution in [-0.2, 0) is 4.79 Å². The zero-order valence-corrected chi connectivity index (χ0v) is 7.92. The number of carbonyl (C=O) groups is 1. The Bertz CT molecular complexity index is 307. The molecule has 0 spiro atoms. The fourth-order valence-corrected chi connectivity index (χ4v) is 1.90. The molecule has 70 valence electrons. The van der Waals surface area contributed by atoms with Gasteiger partial charge in [-0.2, -0.15) is 5.26 Å². The molecule has 1 fully saturated rings. The Morgan fingerprint density at radius 3 is 2.54 bits per heavy atom. The molecule has 0 heterocycles. The summed E-state index contributed by atoms with van der Waals surface area (Å²) in [7, 11) is 0. The van der Waals surface area contributed by atoms with Crippen molar-refractivity contribution in [2.24, 2.45) is 5.41 Å². The lowest BCUT2D eigenvalue weighted by molar-refractivity contribution is -0.132. The molecule has 1 aliphatic carbocycles. The van der Waals surface area contributed by atoms with Gasteiger partial charge in [-0.25, -0.2) is 4.79 Å². The van der Waals surface area contributed by atoms with E-state index >= 15 is 0 Å². The number of carboxylic acids is 1. The third-order valence-electron chi connectivity index (χ3n) is 2.67. The summed E-state index contributed by atoms with van der Waals surface area (Å²) in [5, 5.41) is 17.5. The van der Waals surface area contributed by atoms with Crippen LogP contribution >= 0.6 is 0 Å². The Morgan fingerprint density at radius 2 is 2.23 bits per heavy atom. The van der Waals surface area contributed by atoms with Crippen molar-refractivity contribution >= 4 is 5.97 Å². The molecule has 0 aromatic carbocycles. The maximum Gasteiger partial charge on any atom is 0.346 e. The number of rotatable bonds is 1. The zero-order valence-electron chi connectivity index (χ0n) is 7.92.